The zero-order valence-corrected chi connectivity index (χ0v) is 14.5. The number of benzene rings is 1. The molecule has 5 nitrogen and oxygen atoms in total. The Balaban J connectivity index is 1.63. The number of nitrogens with one attached hydrogen (secondary N) is 2. The van der Waals surface area contributed by atoms with E-state index >= 15 is 0 Å². The molecule has 1 aromatic heterocycles. The topological polar surface area (TPSA) is 67.4 Å². The van der Waals surface area contributed by atoms with Crippen molar-refractivity contribution in [1.29, 1.82) is 0 Å². The summed E-state index contributed by atoms with van der Waals surface area (Å²) in [7, 11) is 1.63. The van der Waals surface area contributed by atoms with Crippen LogP contribution in [-0.2, 0) is 9.53 Å². The van der Waals surface area contributed by atoms with Crippen LogP contribution in [0.25, 0.3) is 0 Å². The molecule has 0 saturated heterocycles. The third-order valence-electron chi connectivity index (χ3n) is 3.59. The second kappa shape index (κ2) is 9.85. The molecule has 0 aliphatic heterocycles. The number of ether oxygens (including phenoxy) is 1. The van der Waals surface area contributed by atoms with E-state index in [1.807, 2.05) is 35.7 Å². The van der Waals surface area contributed by atoms with Crippen LogP contribution in [0.2, 0.25) is 0 Å². The second-order valence-corrected chi connectivity index (χ2v) is 6.09. The van der Waals surface area contributed by atoms with Crippen molar-refractivity contribution in [2.45, 2.75) is 18.9 Å². The summed E-state index contributed by atoms with van der Waals surface area (Å²) < 4.78 is 5.41. The van der Waals surface area contributed by atoms with Crippen LogP contribution >= 0.6 is 11.3 Å². The molecule has 2 rings (SSSR count). The second-order valence-electron chi connectivity index (χ2n) is 5.31. The van der Waals surface area contributed by atoms with Gasteiger partial charge in [-0.3, -0.25) is 9.59 Å². The lowest BCUT2D eigenvalue weighted by molar-refractivity contribution is -0.121. The number of carbonyl (C=O) groups is 2. The lowest BCUT2D eigenvalue weighted by Gasteiger charge is -2.16. The molecule has 1 atom stereocenters. The molecule has 0 aliphatic rings. The van der Waals surface area contributed by atoms with Crippen LogP contribution in [0, 0.1) is 0 Å². The smallest absolute Gasteiger partial charge is 0.252 e. The summed E-state index contributed by atoms with van der Waals surface area (Å²) in [6, 6.07) is 11.6. The molecule has 1 unspecified atom stereocenters. The summed E-state index contributed by atoms with van der Waals surface area (Å²) in [5.74, 6) is -0.141. The molecule has 1 heterocycles. The standard InChI is InChI=1S/C18H22N2O3S/c1-23-16(14-6-3-2-4-7-14)12-20-17(21)8-5-10-19-18(22)15-9-11-24-13-15/h2-4,6-7,9,11,13,16H,5,8,10,12H2,1H3,(H,19,22)(H,20,21). The first kappa shape index (κ1) is 18.2. The molecule has 0 fully saturated rings. The lowest BCUT2D eigenvalue weighted by atomic mass is 10.1. The SMILES string of the molecule is COC(CNC(=O)CCCNC(=O)c1ccsc1)c1ccccc1. The first-order valence-corrected chi connectivity index (χ1v) is 8.80. The van der Waals surface area contributed by atoms with Crippen molar-refractivity contribution >= 4 is 23.2 Å². The number of hydrogen-bond acceptors (Lipinski definition) is 4. The van der Waals surface area contributed by atoms with E-state index in [-0.39, 0.29) is 17.9 Å². The van der Waals surface area contributed by atoms with E-state index < -0.39 is 0 Å². The molecule has 24 heavy (non-hydrogen) atoms. The zero-order chi connectivity index (χ0) is 17.2. The fourth-order valence-electron chi connectivity index (χ4n) is 2.25. The molecule has 0 spiro atoms. The first-order valence-electron chi connectivity index (χ1n) is 7.85. The van der Waals surface area contributed by atoms with Gasteiger partial charge in [0, 0.05) is 37.6 Å². The van der Waals surface area contributed by atoms with Gasteiger partial charge >= 0.3 is 0 Å². The fraction of sp³-hybridized carbons (Fsp3) is 0.333. The number of hydrogen-bond donors (Lipinski definition) is 2. The zero-order valence-electron chi connectivity index (χ0n) is 13.7. The van der Waals surface area contributed by atoms with Crippen molar-refractivity contribution in [2.75, 3.05) is 20.2 Å². The van der Waals surface area contributed by atoms with Crippen molar-refractivity contribution in [1.82, 2.24) is 10.6 Å². The minimum absolute atomic E-state index is 0.0437. The summed E-state index contributed by atoms with van der Waals surface area (Å²) in [4.78, 5) is 23.6. The fourth-order valence-corrected chi connectivity index (χ4v) is 2.88. The number of methoxy groups -OCH3 is 1. The number of amides is 2. The maximum Gasteiger partial charge on any atom is 0.252 e. The van der Waals surface area contributed by atoms with Crippen molar-refractivity contribution in [3.8, 4) is 0 Å². The normalized spacial score (nSPS) is 11.7. The van der Waals surface area contributed by atoms with Gasteiger partial charge in [-0.25, -0.2) is 0 Å². The first-order chi connectivity index (χ1) is 11.7. The molecule has 2 amide bonds. The molecule has 0 radical (unpaired) electrons. The van der Waals surface area contributed by atoms with Crippen molar-refractivity contribution in [2.24, 2.45) is 0 Å². The third-order valence-corrected chi connectivity index (χ3v) is 4.27. The number of rotatable bonds is 9. The molecule has 0 aliphatic carbocycles. The molecule has 0 bridgehead atoms. The largest absolute Gasteiger partial charge is 0.375 e. The molecule has 2 N–H and O–H groups in total. The molecule has 0 saturated carbocycles. The minimum atomic E-state index is -0.159. The Kier molecular flexibility index (Phi) is 7.45. The third kappa shape index (κ3) is 5.79. The van der Waals surface area contributed by atoms with Gasteiger partial charge in [-0.1, -0.05) is 30.3 Å². The predicted molar refractivity (Wildman–Crippen MR) is 95.1 cm³/mol. The molecule has 1 aromatic carbocycles. The molecular formula is C18H22N2O3S. The van der Waals surface area contributed by atoms with Crippen LogP contribution in [0.15, 0.2) is 47.2 Å². The molecule has 2 aromatic rings. The summed E-state index contributed by atoms with van der Waals surface area (Å²) >= 11 is 1.48. The van der Waals surface area contributed by atoms with E-state index in [1.54, 1.807) is 18.6 Å². The van der Waals surface area contributed by atoms with Gasteiger partial charge in [0.25, 0.3) is 5.91 Å². The van der Waals surface area contributed by atoms with E-state index in [9.17, 15) is 9.59 Å². The molecule has 128 valence electrons. The maximum atomic E-state index is 11.9. The van der Waals surface area contributed by atoms with Gasteiger partial charge in [0.05, 0.1) is 6.10 Å². The van der Waals surface area contributed by atoms with Crippen LogP contribution in [-0.4, -0.2) is 32.0 Å². The highest BCUT2D eigenvalue weighted by Crippen LogP contribution is 2.14. The van der Waals surface area contributed by atoms with Crippen molar-refractivity contribution in [3.63, 3.8) is 0 Å². The molecule has 6 heteroatoms. The highest BCUT2D eigenvalue weighted by atomic mass is 32.1. The Morgan fingerprint density at radius 1 is 1.17 bits per heavy atom. The van der Waals surface area contributed by atoms with E-state index in [0.29, 0.717) is 31.5 Å². The summed E-state index contributed by atoms with van der Waals surface area (Å²) in [5.41, 5.74) is 1.69. The van der Waals surface area contributed by atoms with E-state index in [2.05, 4.69) is 10.6 Å². The predicted octanol–water partition coefficient (Wildman–Crippen LogP) is 2.76. The lowest BCUT2D eigenvalue weighted by Crippen LogP contribution is -2.30. The van der Waals surface area contributed by atoms with Crippen molar-refractivity contribution < 1.29 is 14.3 Å². The van der Waals surface area contributed by atoms with Gasteiger partial charge in [-0.05, 0) is 23.4 Å². The maximum absolute atomic E-state index is 11.9. The highest BCUT2D eigenvalue weighted by Gasteiger charge is 2.11. The van der Waals surface area contributed by atoms with E-state index in [1.165, 1.54) is 11.3 Å². The molecular weight excluding hydrogens is 324 g/mol. The quantitative estimate of drug-likeness (QED) is 0.686. The van der Waals surface area contributed by atoms with Gasteiger partial charge < -0.3 is 15.4 Å². The average molecular weight is 346 g/mol. The van der Waals surface area contributed by atoms with Gasteiger partial charge in [-0.2, -0.15) is 11.3 Å². The van der Waals surface area contributed by atoms with Crippen LogP contribution in [0.4, 0.5) is 0 Å². The van der Waals surface area contributed by atoms with Crippen molar-refractivity contribution in [3.05, 3.63) is 58.3 Å². The monoisotopic (exact) mass is 346 g/mol. The van der Waals surface area contributed by atoms with Crippen LogP contribution < -0.4 is 10.6 Å². The van der Waals surface area contributed by atoms with E-state index in [4.69, 9.17) is 4.74 Å². The summed E-state index contributed by atoms with van der Waals surface area (Å²) in [5, 5.41) is 9.34. The Labute approximate surface area is 146 Å². The Bertz CT molecular complexity index is 629. The number of thiophene rings is 1. The minimum Gasteiger partial charge on any atom is -0.375 e. The van der Waals surface area contributed by atoms with Gasteiger partial charge in [0.2, 0.25) is 5.91 Å². The summed E-state index contributed by atoms with van der Waals surface area (Å²) in [6.45, 7) is 0.912. The Hall–Kier alpha value is -2.18. The van der Waals surface area contributed by atoms with Gasteiger partial charge in [0.1, 0.15) is 0 Å². The Morgan fingerprint density at radius 2 is 1.96 bits per heavy atom. The van der Waals surface area contributed by atoms with E-state index in [0.717, 1.165) is 5.56 Å². The van der Waals surface area contributed by atoms with Crippen LogP contribution in [0.1, 0.15) is 34.9 Å². The summed E-state index contributed by atoms with van der Waals surface area (Å²) in [6.07, 6.45) is 0.813. The Morgan fingerprint density at radius 3 is 2.62 bits per heavy atom. The average Bonchev–Trinajstić information content (AvgIpc) is 3.15. The number of carbonyl (C=O) groups excluding carboxylic acids is 2. The van der Waals surface area contributed by atoms with Crippen LogP contribution in [0.3, 0.4) is 0 Å². The van der Waals surface area contributed by atoms with Gasteiger partial charge in [-0.15, -0.1) is 0 Å². The van der Waals surface area contributed by atoms with Gasteiger partial charge in [0.15, 0.2) is 0 Å². The van der Waals surface area contributed by atoms with Crippen LogP contribution in [0.5, 0.6) is 0 Å². The highest BCUT2D eigenvalue weighted by molar-refractivity contribution is 7.08.